The Balaban J connectivity index is 2.34. The van der Waals surface area contributed by atoms with Crippen molar-refractivity contribution in [2.24, 2.45) is 0 Å². The fourth-order valence-electron chi connectivity index (χ4n) is 1.91. The predicted molar refractivity (Wildman–Crippen MR) is 99.6 cm³/mol. The van der Waals surface area contributed by atoms with E-state index in [1.807, 2.05) is 18.2 Å². The highest BCUT2D eigenvalue weighted by atomic mass is 79.9. The molecule has 8 heteroatoms. The monoisotopic (exact) mass is 395 g/mol. The van der Waals surface area contributed by atoms with Gasteiger partial charge in [-0.15, -0.1) is 12.6 Å². The zero-order chi connectivity index (χ0) is 16.8. The first-order valence-corrected chi connectivity index (χ1v) is 8.34. The van der Waals surface area contributed by atoms with Crippen molar-refractivity contribution in [3.05, 3.63) is 30.1 Å². The van der Waals surface area contributed by atoms with E-state index in [2.05, 4.69) is 50.8 Å². The van der Waals surface area contributed by atoms with Gasteiger partial charge < -0.3 is 15.8 Å². The van der Waals surface area contributed by atoms with E-state index in [-0.39, 0.29) is 10.4 Å². The van der Waals surface area contributed by atoms with Crippen LogP contribution in [0.4, 0.5) is 17.3 Å². The number of benzene rings is 1. The Bertz CT molecular complexity index is 710. The van der Waals surface area contributed by atoms with Gasteiger partial charge in [-0.2, -0.15) is 0 Å². The Kier molecular flexibility index (Phi) is 6.23. The lowest BCUT2D eigenvalue weighted by molar-refractivity contribution is 0.310. The highest BCUT2D eigenvalue weighted by Gasteiger charge is 2.14. The Hall–Kier alpha value is -1.80. The second kappa shape index (κ2) is 8.16. The first-order valence-electron chi connectivity index (χ1n) is 7.10. The van der Waals surface area contributed by atoms with Gasteiger partial charge in [0.25, 0.3) is 0 Å². The summed E-state index contributed by atoms with van der Waals surface area (Å²) in [6, 6.07) is 5.55. The number of rotatable bonds is 7. The number of nitrogens with zero attached hydrogens (tertiary/aromatic N) is 2. The number of nitrogens with two attached hydrogens (primary N) is 1. The van der Waals surface area contributed by atoms with Gasteiger partial charge in [-0.05, 0) is 40.5 Å². The van der Waals surface area contributed by atoms with Crippen LogP contribution in [-0.4, -0.2) is 21.2 Å². The lowest BCUT2D eigenvalue weighted by Crippen LogP contribution is -2.08. The topological polar surface area (TPSA) is 96.9 Å². The van der Waals surface area contributed by atoms with Crippen LogP contribution in [-0.2, 0) is 0 Å². The molecule has 0 bridgehead atoms. The third-order valence-electron chi connectivity index (χ3n) is 3.07. The highest BCUT2D eigenvalue weighted by Crippen LogP contribution is 2.32. The van der Waals surface area contributed by atoms with E-state index in [9.17, 15) is 0 Å². The number of nitrogens with one attached hydrogen (secondary N) is 2. The Labute approximate surface area is 148 Å². The Morgan fingerprint density at radius 2 is 2.22 bits per heavy atom. The minimum absolute atomic E-state index is 0.105. The van der Waals surface area contributed by atoms with Crippen LogP contribution in [0.25, 0.3) is 0 Å². The molecule has 0 atom stereocenters. The van der Waals surface area contributed by atoms with Crippen molar-refractivity contribution < 1.29 is 4.74 Å². The summed E-state index contributed by atoms with van der Waals surface area (Å²) in [6.07, 6.45) is 3.37. The molecule has 1 aromatic carbocycles. The first-order chi connectivity index (χ1) is 11.0. The quantitative estimate of drug-likeness (QED) is 0.322. The summed E-state index contributed by atoms with van der Waals surface area (Å²) in [7, 11) is 0. The number of hydrogen-bond acceptors (Lipinski definition) is 7. The average Bonchev–Trinajstić information content (AvgIpc) is 2.49. The molecule has 4 N–H and O–H groups in total. The van der Waals surface area contributed by atoms with Gasteiger partial charge in [-0.3, -0.25) is 5.41 Å². The molecule has 0 saturated carbocycles. The van der Waals surface area contributed by atoms with Crippen LogP contribution in [0.3, 0.4) is 0 Å². The number of thiol groups is 1. The number of hydrogen-bond donors (Lipinski definition) is 4. The summed E-state index contributed by atoms with van der Waals surface area (Å²) in [5, 5.41) is 10.9. The van der Waals surface area contributed by atoms with Crippen molar-refractivity contribution in [2.75, 3.05) is 17.7 Å². The third-order valence-corrected chi connectivity index (χ3v) is 3.74. The van der Waals surface area contributed by atoms with Crippen molar-refractivity contribution >= 4 is 50.5 Å². The Morgan fingerprint density at radius 1 is 1.43 bits per heavy atom. The van der Waals surface area contributed by atoms with Crippen LogP contribution in [0.1, 0.15) is 25.3 Å². The van der Waals surface area contributed by atoms with E-state index in [1.165, 1.54) is 6.33 Å². The van der Waals surface area contributed by atoms with Gasteiger partial charge in [-0.25, -0.2) is 9.97 Å². The van der Waals surface area contributed by atoms with Crippen LogP contribution in [0.5, 0.6) is 5.75 Å². The molecule has 0 unspecified atom stereocenters. The fourth-order valence-corrected chi connectivity index (χ4v) is 2.50. The maximum Gasteiger partial charge on any atom is 0.146 e. The Morgan fingerprint density at radius 3 is 2.91 bits per heavy atom. The summed E-state index contributed by atoms with van der Waals surface area (Å²) in [4.78, 5) is 8.87. The maximum atomic E-state index is 7.78. The van der Waals surface area contributed by atoms with E-state index in [0.29, 0.717) is 29.4 Å². The lowest BCUT2D eigenvalue weighted by atomic mass is 10.2. The van der Waals surface area contributed by atoms with Gasteiger partial charge in [0.1, 0.15) is 28.3 Å². The molecule has 1 aromatic heterocycles. The molecule has 0 aliphatic carbocycles. The van der Waals surface area contributed by atoms with E-state index in [0.717, 1.165) is 17.7 Å². The number of anilines is 3. The largest absolute Gasteiger partial charge is 0.491 e. The molecule has 0 radical (unpaired) electrons. The molecular formula is C15H18BrN5OS. The zero-order valence-corrected chi connectivity index (χ0v) is 15.1. The average molecular weight is 396 g/mol. The van der Waals surface area contributed by atoms with Crippen molar-refractivity contribution in [1.82, 2.24) is 9.97 Å². The lowest BCUT2D eigenvalue weighted by Gasteiger charge is -2.15. The molecule has 0 fully saturated rings. The highest BCUT2D eigenvalue weighted by molar-refractivity contribution is 9.18. The summed E-state index contributed by atoms with van der Waals surface area (Å²) in [5.41, 5.74) is 6.94. The van der Waals surface area contributed by atoms with Gasteiger partial charge >= 0.3 is 0 Å². The smallest absolute Gasteiger partial charge is 0.146 e. The molecule has 6 nitrogen and oxygen atoms in total. The van der Waals surface area contributed by atoms with Crippen LogP contribution in [0.2, 0.25) is 0 Å². The number of halogens is 1. The molecule has 0 spiro atoms. The minimum atomic E-state index is 0.105. The number of unbranched alkanes of at least 4 members (excludes halogenated alkanes) is 1. The van der Waals surface area contributed by atoms with E-state index >= 15 is 0 Å². The standard InChI is InChI=1S/C15H18BrN5OS/c1-2-3-6-22-11-5-4-9(23)7-10(11)21-15-12(13(16)17)14(18)19-8-20-15/h4-5,7-8,17,23H,2-3,6H2,1H3,(H3,18,19,20,21). The second-order valence-electron chi connectivity index (χ2n) is 4.80. The number of aromatic nitrogens is 2. The SMILES string of the molecule is CCCCOc1ccc(S)cc1Nc1ncnc(N)c1C(=N)Br. The maximum absolute atomic E-state index is 7.78. The molecule has 0 aliphatic rings. The molecular weight excluding hydrogens is 378 g/mol. The summed E-state index contributed by atoms with van der Waals surface area (Å²) < 4.78 is 5.90. The van der Waals surface area contributed by atoms with Crippen LogP contribution in [0, 0.1) is 5.41 Å². The predicted octanol–water partition coefficient (Wildman–Crippen LogP) is 3.99. The van der Waals surface area contributed by atoms with Gasteiger partial charge in [0.05, 0.1) is 17.9 Å². The van der Waals surface area contributed by atoms with Crippen LogP contribution >= 0.6 is 28.6 Å². The van der Waals surface area contributed by atoms with Crippen molar-refractivity contribution in [2.45, 2.75) is 24.7 Å². The van der Waals surface area contributed by atoms with Gasteiger partial charge in [0, 0.05) is 4.90 Å². The van der Waals surface area contributed by atoms with Gasteiger partial charge in [0.2, 0.25) is 0 Å². The molecule has 2 rings (SSSR count). The van der Waals surface area contributed by atoms with Crippen molar-refractivity contribution in [3.63, 3.8) is 0 Å². The van der Waals surface area contributed by atoms with Crippen molar-refractivity contribution in [1.29, 1.82) is 5.41 Å². The van der Waals surface area contributed by atoms with Crippen LogP contribution < -0.4 is 15.8 Å². The summed E-state index contributed by atoms with van der Waals surface area (Å²) >= 11 is 7.48. The van der Waals surface area contributed by atoms with Gasteiger partial charge in [-0.1, -0.05) is 13.3 Å². The molecule has 2 aromatic rings. The molecule has 1 heterocycles. The number of ether oxygens (including phenoxy) is 1. The first kappa shape index (κ1) is 17.6. The third kappa shape index (κ3) is 4.59. The summed E-state index contributed by atoms with van der Waals surface area (Å²) in [5.74, 6) is 1.35. The molecule has 122 valence electrons. The fraction of sp³-hybridized carbons (Fsp3) is 0.267. The van der Waals surface area contributed by atoms with Crippen LogP contribution in [0.15, 0.2) is 29.4 Å². The second-order valence-corrected chi connectivity index (χ2v) is 6.11. The van der Waals surface area contributed by atoms with Crippen molar-refractivity contribution in [3.8, 4) is 5.75 Å². The van der Waals surface area contributed by atoms with E-state index in [4.69, 9.17) is 15.9 Å². The van der Waals surface area contributed by atoms with E-state index in [1.54, 1.807) is 0 Å². The minimum Gasteiger partial charge on any atom is -0.491 e. The van der Waals surface area contributed by atoms with E-state index < -0.39 is 0 Å². The van der Waals surface area contributed by atoms with Gasteiger partial charge in [0.15, 0.2) is 0 Å². The normalized spacial score (nSPS) is 10.4. The zero-order valence-electron chi connectivity index (χ0n) is 12.6. The molecule has 23 heavy (non-hydrogen) atoms. The molecule has 0 amide bonds. The summed E-state index contributed by atoms with van der Waals surface area (Å²) in [6.45, 7) is 2.74. The number of nitrogen functional groups attached to an aromatic ring is 1. The molecule has 0 aliphatic heterocycles. The molecule has 0 saturated heterocycles.